The van der Waals surface area contributed by atoms with Gasteiger partial charge in [-0.05, 0) is 49.4 Å². The van der Waals surface area contributed by atoms with Gasteiger partial charge in [-0.15, -0.1) is 0 Å². The van der Waals surface area contributed by atoms with Crippen molar-refractivity contribution in [2.45, 2.75) is 6.92 Å². The van der Waals surface area contributed by atoms with Gasteiger partial charge in [0.25, 0.3) is 5.56 Å². The number of fused-ring (bicyclic) bond motifs is 2. The van der Waals surface area contributed by atoms with Crippen LogP contribution in [0.3, 0.4) is 0 Å². The van der Waals surface area contributed by atoms with E-state index in [1.54, 1.807) is 33.6 Å². The van der Waals surface area contributed by atoms with Crippen LogP contribution in [-0.2, 0) is 0 Å². The molecule has 0 aliphatic rings. The molecule has 6 aromatic rings. The fourth-order valence-electron chi connectivity index (χ4n) is 3.97. The van der Waals surface area contributed by atoms with Gasteiger partial charge < -0.3 is 5.11 Å². The van der Waals surface area contributed by atoms with Crippen LogP contribution in [0, 0.1) is 6.92 Å². The van der Waals surface area contributed by atoms with Crippen LogP contribution in [0.5, 0.6) is 5.75 Å². The number of rotatable bonds is 3. The van der Waals surface area contributed by atoms with Gasteiger partial charge in [0.05, 0.1) is 11.4 Å². The minimum absolute atomic E-state index is 0.0795. The monoisotopic (exact) mass is 435 g/mol. The number of aryl methyl sites for hydroxylation is 1. The van der Waals surface area contributed by atoms with Gasteiger partial charge in [-0.2, -0.15) is 10.2 Å². The maximum atomic E-state index is 13.5. The average Bonchev–Trinajstić information content (AvgIpc) is 3.44. The molecule has 0 bridgehead atoms. The third kappa shape index (κ3) is 3.06. The first-order chi connectivity index (χ1) is 16.1. The lowest BCUT2D eigenvalue weighted by Gasteiger charge is -2.08. The molecule has 0 unspecified atom stereocenters. The highest BCUT2D eigenvalue weighted by atomic mass is 16.3. The highest BCUT2D eigenvalue weighted by Gasteiger charge is 2.20. The van der Waals surface area contributed by atoms with Gasteiger partial charge in [-0.1, -0.05) is 12.1 Å². The Morgan fingerprint density at radius 3 is 2.73 bits per heavy atom. The van der Waals surface area contributed by atoms with Crippen molar-refractivity contribution in [1.82, 2.24) is 33.9 Å². The van der Waals surface area contributed by atoms with Gasteiger partial charge in [-0.25, -0.2) is 19.2 Å². The van der Waals surface area contributed by atoms with E-state index < -0.39 is 0 Å². The number of nitrogens with zero attached hydrogens (tertiary/aromatic N) is 7. The molecule has 0 amide bonds. The lowest BCUT2D eigenvalue weighted by Crippen LogP contribution is -2.17. The van der Waals surface area contributed by atoms with Gasteiger partial charge >= 0.3 is 0 Å². The fourth-order valence-corrected chi connectivity index (χ4v) is 3.97. The Morgan fingerprint density at radius 2 is 1.88 bits per heavy atom. The standard InChI is InChI=1S/C24H17N7O2/c1-15-4-2-7-21(27-15)31-23(16-8-9-20-25-14-26-30(20)13-16)19-10-11-29(24(33)22(19)28-31)17-5-3-6-18(32)12-17/h2-14,32H,1H3. The number of hydrogen-bond acceptors (Lipinski definition) is 6. The maximum absolute atomic E-state index is 13.5. The smallest absolute Gasteiger partial charge is 0.283 e. The van der Waals surface area contributed by atoms with E-state index in [0.717, 1.165) is 17.0 Å². The van der Waals surface area contributed by atoms with Crippen LogP contribution in [-0.4, -0.2) is 39.0 Å². The summed E-state index contributed by atoms with van der Waals surface area (Å²) in [6, 6.07) is 17.8. The van der Waals surface area contributed by atoms with Crippen molar-refractivity contribution >= 4 is 16.6 Å². The highest BCUT2D eigenvalue weighted by molar-refractivity contribution is 5.93. The Morgan fingerprint density at radius 1 is 1.00 bits per heavy atom. The normalized spacial score (nSPS) is 11.4. The summed E-state index contributed by atoms with van der Waals surface area (Å²) >= 11 is 0. The fraction of sp³-hybridized carbons (Fsp3) is 0.0417. The van der Waals surface area contributed by atoms with Crippen LogP contribution >= 0.6 is 0 Å². The zero-order chi connectivity index (χ0) is 22.5. The predicted molar refractivity (Wildman–Crippen MR) is 123 cm³/mol. The molecule has 0 saturated carbocycles. The summed E-state index contributed by atoms with van der Waals surface area (Å²) in [4.78, 5) is 22.3. The summed E-state index contributed by atoms with van der Waals surface area (Å²) in [5, 5.41) is 19.5. The van der Waals surface area contributed by atoms with Gasteiger partial charge in [0.15, 0.2) is 17.0 Å². The molecule has 1 aromatic carbocycles. The second-order valence-corrected chi connectivity index (χ2v) is 7.65. The number of phenolic OH excluding ortho intramolecular Hbond substituents is 1. The lowest BCUT2D eigenvalue weighted by atomic mass is 10.1. The number of aromatic nitrogens is 7. The molecule has 0 radical (unpaired) electrons. The summed E-state index contributed by atoms with van der Waals surface area (Å²) in [6.07, 6.45) is 5.03. The van der Waals surface area contributed by atoms with Crippen molar-refractivity contribution in [2.75, 3.05) is 0 Å². The zero-order valence-electron chi connectivity index (χ0n) is 17.5. The summed E-state index contributed by atoms with van der Waals surface area (Å²) in [7, 11) is 0. The van der Waals surface area contributed by atoms with Crippen molar-refractivity contribution in [2.24, 2.45) is 0 Å². The Labute approximate surface area is 186 Å². The second kappa shape index (κ2) is 7.13. The molecule has 9 heteroatoms. The molecular weight excluding hydrogens is 418 g/mol. The van der Waals surface area contributed by atoms with E-state index in [0.29, 0.717) is 22.5 Å². The van der Waals surface area contributed by atoms with Gasteiger partial charge in [0, 0.05) is 35.1 Å². The zero-order valence-corrected chi connectivity index (χ0v) is 17.5. The first kappa shape index (κ1) is 18.9. The Bertz CT molecular complexity index is 1730. The van der Waals surface area contributed by atoms with E-state index >= 15 is 0 Å². The van der Waals surface area contributed by atoms with E-state index in [1.165, 1.54) is 17.0 Å². The molecule has 0 spiro atoms. The van der Waals surface area contributed by atoms with Crippen LogP contribution in [0.4, 0.5) is 0 Å². The molecule has 9 nitrogen and oxygen atoms in total. The number of hydrogen-bond donors (Lipinski definition) is 1. The molecule has 0 aliphatic heterocycles. The predicted octanol–water partition coefficient (Wildman–Crippen LogP) is 3.30. The second-order valence-electron chi connectivity index (χ2n) is 7.65. The summed E-state index contributed by atoms with van der Waals surface area (Å²) < 4.78 is 4.83. The molecule has 0 atom stereocenters. The van der Waals surface area contributed by atoms with Crippen LogP contribution in [0.2, 0.25) is 0 Å². The largest absolute Gasteiger partial charge is 0.508 e. The molecule has 33 heavy (non-hydrogen) atoms. The third-order valence-corrected chi connectivity index (χ3v) is 5.48. The number of pyridine rings is 3. The van der Waals surface area contributed by atoms with Crippen LogP contribution < -0.4 is 5.56 Å². The van der Waals surface area contributed by atoms with Crippen molar-refractivity contribution in [1.29, 1.82) is 0 Å². The van der Waals surface area contributed by atoms with Gasteiger partial charge in [0.2, 0.25) is 0 Å². The van der Waals surface area contributed by atoms with E-state index in [1.807, 2.05) is 49.5 Å². The van der Waals surface area contributed by atoms with Gasteiger partial charge in [0.1, 0.15) is 12.1 Å². The molecule has 6 rings (SSSR count). The molecule has 0 fully saturated rings. The Balaban J connectivity index is 1.67. The van der Waals surface area contributed by atoms with E-state index in [4.69, 9.17) is 0 Å². The molecule has 0 aliphatic carbocycles. The van der Waals surface area contributed by atoms with Crippen molar-refractivity contribution in [3.05, 3.63) is 95.4 Å². The first-order valence-electron chi connectivity index (χ1n) is 10.3. The quantitative estimate of drug-likeness (QED) is 0.458. The first-order valence-corrected chi connectivity index (χ1v) is 10.3. The van der Waals surface area contributed by atoms with Crippen molar-refractivity contribution < 1.29 is 5.11 Å². The van der Waals surface area contributed by atoms with Crippen LogP contribution in [0.1, 0.15) is 5.69 Å². The molecular formula is C24H17N7O2. The molecule has 0 saturated heterocycles. The third-order valence-electron chi connectivity index (χ3n) is 5.48. The Hall–Kier alpha value is -4.79. The number of benzene rings is 1. The van der Waals surface area contributed by atoms with E-state index in [2.05, 4.69) is 20.2 Å². The minimum Gasteiger partial charge on any atom is -0.508 e. The van der Waals surface area contributed by atoms with Gasteiger partial charge in [-0.3, -0.25) is 9.36 Å². The summed E-state index contributed by atoms with van der Waals surface area (Å²) in [5.74, 6) is 0.680. The molecule has 160 valence electrons. The van der Waals surface area contributed by atoms with Crippen molar-refractivity contribution in [3.8, 4) is 28.5 Å². The minimum atomic E-state index is -0.299. The summed E-state index contributed by atoms with van der Waals surface area (Å²) in [6.45, 7) is 1.91. The highest BCUT2D eigenvalue weighted by Crippen LogP contribution is 2.30. The number of aromatic hydroxyl groups is 1. The van der Waals surface area contributed by atoms with E-state index in [9.17, 15) is 9.90 Å². The van der Waals surface area contributed by atoms with Crippen molar-refractivity contribution in [3.63, 3.8) is 0 Å². The molecule has 5 heterocycles. The SMILES string of the molecule is Cc1cccc(-n2nc3c(=O)n(-c4cccc(O)c4)ccc3c2-c2ccc3ncnn3c2)n1. The van der Waals surface area contributed by atoms with Crippen LogP contribution in [0.25, 0.3) is 39.3 Å². The summed E-state index contributed by atoms with van der Waals surface area (Å²) in [5.41, 5.74) is 3.63. The Kier molecular flexibility index (Phi) is 4.09. The molecule has 1 N–H and O–H groups in total. The maximum Gasteiger partial charge on any atom is 0.283 e. The van der Waals surface area contributed by atoms with Crippen LogP contribution in [0.15, 0.2) is 84.2 Å². The average molecular weight is 435 g/mol. The molecule has 5 aromatic heterocycles. The lowest BCUT2D eigenvalue weighted by molar-refractivity contribution is 0.475. The topological polar surface area (TPSA) is 103 Å². The number of phenols is 1. The van der Waals surface area contributed by atoms with E-state index in [-0.39, 0.29) is 16.8 Å².